The number of nitrogens with one attached hydrogen (secondary N) is 1. The van der Waals surface area contributed by atoms with Crippen molar-refractivity contribution in [3.8, 4) is 6.07 Å². The molecular formula is C26H29N5. The lowest BCUT2D eigenvalue weighted by molar-refractivity contribution is 0.243. The molecule has 1 saturated heterocycles. The van der Waals surface area contributed by atoms with Crippen molar-refractivity contribution >= 4 is 28.5 Å². The second-order valence-corrected chi connectivity index (χ2v) is 9.22. The molecule has 2 aliphatic rings. The fourth-order valence-corrected chi connectivity index (χ4v) is 5.04. The molecule has 0 spiro atoms. The number of benzene rings is 1. The number of nitriles is 1. The lowest BCUT2D eigenvalue weighted by atomic mass is 9.94. The SMILES string of the molecule is C/C1=C/C(N2C[C@@H](C)N[C@@H](C)C2)=c2/cc(C#N)c3nc4ccccc4n3/c2=C\CC1C. The minimum atomic E-state index is 0.411. The van der Waals surface area contributed by atoms with E-state index in [9.17, 15) is 5.26 Å². The van der Waals surface area contributed by atoms with Gasteiger partial charge in [-0.1, -0.05) is 30.7 Å². The third kappa shape index (κ3) is 3.32. The molecule has 0 radical (unpaired) electrons. The Hall–Kier alpha value is -3.10. The van der Waals surface area contributed by atoms with Crippen molar-refractivity contribution in [1.82, 2.24) is 19.6 Å². The summed E-state index contributed by atoms with van der Waals surface area (Å²) in [6.45, 7) is 10.9. The summed E-state index contributed by atoms with van der Waals surface area (Å²) in [5, 5.41) is 15.9. The molecule has 0 saturated carbocycles. The van der Waals surface area contributed by atoms with Crippen molar-refractivity contribution in [3.05, 3.63) is 58.1 Å². The molecule has 1 unspecified atom stereocenters. The first-order valence-electron chi connectivity index (χ1n) is 11.2. The average molecular weight is 412 g/mol. The van der Waals surface area contributed by atoms with Crippen LogP contribution in [0.1, 0.15) is 39.7 Å². The number of rotatable bonds is 1. The molecule has 5 rings (SSSR count). The van der Waals surface area contributed by atoms with E-state index in [0.717, 1.165) is 46.8 Å². The van der Waals surface area contributed by atoms with Crippen molar-refractivity contribution in [1.29, 1.82) is 5.26 Å². The van der Waals surface area contributed by atoms with Crippen LogP contribution in [0.4, 0.5) is 0 Å². The largest absolute Gasteiger partial charge is 0.368 e. The Bertz CT molecular complexity index is 1360. The molecule has 1 fully saturated rings. The number of imidazole rings is 1. The highest BCUT2D eigenvalue weighted by atomic mass is 15.2. The summed E-state index contributed by atoms with van der Waals surface area (Å²) in [5.41, 5.74) is 5.94. The number of allylic oxidation sites excluding steroid dienone is 1. The number of aromatic nitrogens is 2. The van der Waals surface area contributed by atoms with Gasteiger partial charge in [-0.3, -0.25) is 4.40 Å². The van der Waals surface area contributed by atoms with Crippen LogP contribution in [-0.2, 0) is 0 Å². The molecule has 5 heteroatoms. The summed E-state index contributed by atoms with van der Waals surface area (Å²) in [6, 6.07) is 13.5. The molecule has 1 aliphatic heterocycles. The first kappa shape index (κ1) is 19.8. The van der Waals surface area contributed by atoms with Crippen molar-refractivity contribution in [2.24, 2.45) is 5.92 Å². The fourth-order valence-electron chi connectivity index (χ4n) is 5.04. The summed E-state index contributed by atoms with van der Waals surface area (Å²) in [5.74, 6) is 0.460. The van der Waals surface area contributed by atoms with Crippen LogP contribution in [0.2, 0.25) is 0 Å². The Labute approximate surface area is 183 Å². The van der Waals surface area contributed by atoms with Gasteiger partial charge in [0.2, 0.25) is 0 Å². The smallest absolute Gasteiger partial charge is 0.156 e. The number of para-hydroxylation sites is 2. The molecule has 3 heterocycles. The molecule has 2 aromatic heterocycles. The molecule has 3 aromatic rings. The van der Waals surface area contributed by atoms with Gasteiger partial charge >= 0.3 is 0 Å². The standard InChI is InChI=1S/C26H29N5/c1-16-9-10-23-21(25(11-17(16)2)30-14-18(3)28-19(4)15-30)12-20(13-27)26-29-22-7-5-6-8-24(22)31(23)26/h5-8,10-12,16,18-19,28H,9,14-15H2,1-4H3/b17-11-,23-10-,25-21+/t16?,18-,19+. The molecule has 31 heavy (non-hydrogen) atoms. The molecular weight excluding hydrogens is 382 g/mol. The average Bonchev–Trinajstić information content (AvgIpc) is 3.13. The monoisotopic (exact) mass is 411 g/mol. The van der Waals surface area contributed by atoms with Crippen LogP contribution in [-0.4, -0.2) is 39.5 Å². The Kier molecular flexibility index (Phi) is 4.83. The minimum Gasteiger partial charge on any atom is -0.368 e. The minimum absolute atomic E-state index is 0.411. The lowest BCUT2D eigenvalue weighted by Gasteiger charge is -2.39. The normalized spacial score (nSPS) is 28.7. The van der Waals surface area contributed by atoms with E-state index in [-0.39, 0.29) is 0 Å². The van der Waals surface area contributed by atoms with Crippen LogP contribution in [0.15, 0.2) is 42.0 Å². The van der Waals surface area contributed by atoms with E-state index in [0.29, 0.717) is 23.6 Å². The van der Waals surface area contributed by atoms with Crippen molar-refractivity contribution in [2.45, 2.75) is 46.2 Å². The summed E-state index contributed by atoms with van der Waals surface area (Å²) >= 11 is 0. The van der Waals surface area contributed by atoms with Crippen LogP contribution in [0, 0.1) is 17.2 Å². The Morgan fingerprint density at radius 2 is 1.87 bits per heavy atom. The van der Waals surface area contributed by atoms with Crippen molar-refractivity contribution < 1.29 is 0 Å². The Balaban J connectivity index is 1.95. The molecule has 0 amide bonds. The molecule has 158 valence electrons. The maximum Gasteiger partial charge on any atom is 0.156 e. The van der Waals surface area contributed by atoms with E-state index in [1.165, 1.54) is 11.3 Å². The third-order valence-electron chi connectivity index (χ3n) is 6.71. The summed E-state index contributed by atoms with van der Waals surface area (Å²) in [6.07, 6.45) is 5.66. The van der Waals surface area contributed by atoms with Crippen LogP contribution in [0.5, 0.6) is 0 Å². The van der Waals surface area contributed by atoms with Gasteiger partial charge in [0.15, 0.2) is 5.65 Å². The molecule has 1 N–H and O–H groups in total. The highest BCUT2D eigenvalue weighted by Crippen LogP contribution is 2.23. The first-order chi connectivity index (χ1) is 15.0. The van der Waals surface area contributed by atoms with Gasteiger partial charge in [0.25, 0.3) is 0 Å². The number of pyridine rings is 1. The highest BCUT2D eigenvalue weighted by molar-refractivity contribution is 5.82. The molecule has 0 bridgehead atoms. The van der Waals surface area contributed by atoms with Gasteiger partial charge in [-0.05, 0) is 57.4 Å². The van der Waals surface area contributed by atoms with Crippen LogP contribution in [0.25, 0.3) is 28.5 Å². The van der Waals surface area contributed by atoms with Gasteiger partial charge in [-0.2, -0.15) is 5.26 Å². The van der Waals surface area contributed by atoms with Gasteiger partial charge in [-0.25, -0.2) is 4.98 Å². The van der Waals surface area contributed by atoms with Crippen LogP contribution < -0.4 is 15.9 Å². The number of fused-ring (bicyclic) bond motifs is 5. The maximum atomic E-state index is 10.0. The van der Waals surface area contributed by atoms with Crippen molar-refractivity contribution in [2.75, 3.05) is 13.1 Å². The zero-order valence-corrected chi connectivity index (χ0v) is 18.7. The first-order valence-corrected chi connectivity index (χ1v) is 11.2. The summed E-state index contributed by atoms with van der Waals surface area (Å²) < 4.78 is 2.19. The molecule has 1 aliphatic carbocycles. The Morgan fingerprint density at radius 3 is 2.61 bits per heavy atom. The zero-order valence-electron chi connectivity index (χ0n) is 18.7. The lowest BCUT2D eigenvalue weighted by Crippen LogP contribution is -2.54. The van der Waals surface area contributed by atoms with E-state index in [1.807, 2.05) is 18.2 Å². The van der Waals surface area contributed by atoms with Crippen LogP contribution >= 0.6 is 0 Å². The predicted molar refractivity (Wildman–Crippen MR) is 126 cm³/mol. The second kappa shape index (κ2) is 7.55. The fraction of sp³-hybridized carbons (Fsp3) is 0.385. The van der Waals surface area contributed by atoms with E-state index >= 15 is 0 Å². The predicted octanol–water partition coefficient (Wildman–Crippen LogP) is 2.92. The summed E-state index contributed by atoms with van der Waals surface area (Å²) in [4.78, 5) is 7.31. The van der Waals surface area contributed by atoms with Gasteiger partial charge < -0.3 is 10.2 Å². The molecule has 3 atom stereocenters. The third-order valence-corrected chi connectivity index (χ3v) is 6.71. The van der Waals surface area contributed by atoms with Gasteiger partial charge in [-0.15, -0.1) is 0 Å². The van der Waals surface area contributed by atoms with Gasteiger partial charge in [0.05, 0.1) is 21.9 Å². The van der Waals surface area contributed by atoms with Gasteiger partial charge in [0, 0.05) is 36.1 Å². The van der Waals surface area contributed by atoms with E-state index in [4.69, 9.17) is 4.98 Å². The highest BCUT2D eigenvalue weighted by Gasteiger charge is 2.24. The van der Waals surface area contributed by atoms with E-state index in [1.54, 1.807) is 0 Å². The van der Waals surface area contributed by atoms with E-state index in [2.05, 4.69) is 72.7 Å². The van der Waals surface area contributed by atoms with Crippen LogP contribution in [0.3, 0.4) is 0 Å². The topological polar surface area (TPSA) is 56.4 Å². The maximum absolute atomic E-state index is 10.0. The summed E-state index contributed by atoms with van der Waals surface area (Å²) in [7, 11) is 0. The molecule has 1 aromatic carbocycles. The Morgan fingerprint density at radius 1 is 1.13 bits per heavy atom. The zero-order chi connectivity index (χ0) is 21.7. The number of hydrogen-bond acceptors (Lipinski definition) is 4. The van der Waals surface area contributed by atoms with E-state index < -0.39 is 0 Å². The second-order valence-electron chi connectivity index (χ2n) is 9.22. The number of hydrogen-bond donors (Lipinski definition) is 1. The molecule has 5 nitrogen and oxygen atoms in total. The number of piperazine rings is 1. The number of nitrogens with zero attached hydrogens (tertiary/aromatic N) is 4. The van der Waals surface area contributed by atoms with Gasteiger partial charge in [0.1, 0.15) is 6.07 Å². The van der Waals surface area contributed by atoms with Crippen molar-refractivity contribution in [3.63, 3.8) is 0 Å². The quantitative estimate of drug-likeness (QED) is 0.669.